The van der Waals surface area contributed by atoms with Gasteiger partial charge in [0.1, 0.15) is 17.2 Å². The monoisotopic (exact) mass is 515 g/mol. The first-order valence-electron chi connectivity index (χ1n) is 12.9. The maximum absolute atomic E-state index is 13.5. The van der Waals surface area contributed by atoms with Gasteiger partial charge in [0.2, 0.25) is 5.91 Å². The Morgan fingerprint density at radius 3 is 2.58 bits per heavy atom. The minimum absolute atomic E-state index is 0.0343. The predicted molar refractivity (Wildman–Crippen MR) is 139 cm³/mol. The number of carbonyl (C=O) groups is 3. The summed E-state index contributed by atoms with van der Waals surface area (Å²) in [6.07, 6.45) is 6.44. The van der Waals surface area contributed by atoms with Crippen LogP contribution in [0.3, 0.4) is 0 Å². The number of aromatic hydroxyl groups is 1. The van der Waals surface area contributed by atoms with Gasteiger partial charge >= 0.3 is 11.9 Å². The summed E-state index contributed by atoms with van der Waals surface area (Å²) in [4.78, 5) is 40.3. The van der Waals surface area contributed by atoms with Crippen LogP contribution >= 0.6 is 11.3 Å². The van der Waals surface area contributed by atoms with Crippen LogP contribution in [0, 0.1) is 0 Å². The van der Waals surface area contributed by atoms with Gasteiger partial charge in [0, 0.05) is 13.0 Å². The van der Waals surface area contributed by atoms with Crippen LogP contribution in [-0.2, 0) is 32.0 Å². The number of amides is 1. The number of thiophene rings is 1. The molecule has 0 radical (unpaired) electrons. The zero-order valence-electron chi connectivity index (χ0n) is 21.3. The summed E-state index contributed by atoms with van der Waals surface area (Å²) < 4.78 is 10.6. The van der Waals surface area contributed by atoms with E-state index in [9.17, 15) is 19.5 Å². The van der Waals surface area contributed by atoms with Gasteiger partial charge in [-0.05, 0) is 78.3 Å². The Hall–Kier alpha value is -2.87. The van der Waals surface area contributed by atoms with E-state index in [4.69, 9.17) is 9.47 Å². The molecule has 1 aliphatic rings. The molecule has 1 N–H and O–H groups in total. The van der Waals surface area contributed by atoms with Crippen LogP contribution in [0.25, 0.3) is 0 Å². The maximum Gasteiger partial charge on any atom is 0.348 e. The fourth-order valence-corrected chi connectivity index (χ4v) is 5.18. The third-order valence-electron chi connectivity index (χ3n) is 6.38. The second kappa shape index (κ2) is 14.0. The predicted octanol–water partition coefficient (Wildman–Crippen LogP) is 5.59. The number of ether oxygens (including phenoxy) is 2. The molecule has 8 heteroatoms. The molecular formula is C28H37NO6S. The van der Waals surface area contributed by atoms with Gasteiger partial charge in [0.25, 0.3) is 0 Å². The largest absolute Gasteiger partial charge is 0.508 e. The van der Waals surface area contributed by atoms with Crippen molar-refractivity contribution in [2.45, 2.75) is 77.7 Å². The highest BCUT2D eigenvalue weighted by atomic mass is 32.1. The molecule has 0 saturated carbocycles. The van der Waals surface area contributed by atoms with E-state index in [2.05, 4.69) is 0 Å². The molecule has 1 unspecified atom stereocenters. The summed E-state index contributed by atoms with van der Waals surface area (Å²) in [6, 6.07) is 7.08. The molecular weight excluding hydrogens is 478 g/mol. The number of phenols is 1. The quantitative estimate of drug-likeness (QED) is 0.276. The molecule has 0 aliphatic heterocycles. The van der Waals surface area contributed by atoms with E-state index in [0.717, 1.165) is 61.6 Å². The zero-order chi connectivity index (χ0) is 25.9. The summed E-state index contributed by atoms with van der Waals surface area (Å²) in [6.45, 7) is 4.86. The summed E-state index contributed by atoms with van der Waals surface area (Å²) in [7, 11) is 0. The molecule has 3 rings (SSSR count). The number of fused-ring (bicyclic) bond motifs is 1. The number of aryl methyl sites for hydroxylation is 1. The number of nitrogens with zero attached hydrogens (tertiary/aromatic N) is 1. The van der Waals surface area contributed by atoms with Gasteiger partial charge in [0.15, 0.2) is 0 Å². The molecule has 1 heterocycles. The van der Waals surface area contributed by atoms with Crippen LogP contribution in [0.5, 0.6) is 5.75 Å². The number of benzene rings is 1. The Balaban J connectivity index is 1.70. The third kappa shape index (κ3) is 8.08. The lowest BCUT2D eigenvalue weighted by molar-refractivity contribution is -0.150. The van der Waals surface area contributed by atoms with E-state index in [1.54, 1.807) is 18.2 Å². The van der Waals surface area contributed by atoms with Crippen molar-refractivity contribution >= 4 is 29.2 Å². The normalized spacial score (nSPS) is 14.7. The molecule has 36 heavy (non-hydrogen) atoms. The van der Waals surface area contributed by atoms with Crippen molar-refractivity contribution in [2.75, 3.05) is 19.8 Å². The van der Waals surface area contributed by atoms with Gasteiger partial charge in [-0.2, -0.15) is 0 Å². The Bertz CT molecular complexity index is 1030. The molecule has 7 nitrogen and oxygen atoms in total. The highest BCUT2D eigenvalue weighted by Gasteiger charge is 2.27. The third-order valence-corrected chi connectivity index (χ3v) is 7.34. The Labute approximate surface area is 217 Å². The smallest absolute Gasteiger partial charge is 0.348 e. The highest BCUT2D eigenvalue weighted by Crippen LogP contribution is 2.36. The number of phenolic OH excluding ortho intramolecular Hbond substituents is 1. The summed E-state index contributed by atoms with van der Waals surface area (Å²) in [5, 5.41) is 11.7. The van der Waals surface area contributed by atoms with Crippen LogP contribution in [0.1, 0.15) is 91.1 Å². The van der Waals surface area contributed by atoms with Gasteiger partial charge < -0.3 is 19.5 Å². The first-order valence-corrected chi connectivity index (χ1v) is 13.8. The van der Waals surface area contributed by atoms with Crippen LogP contribution < -0.4 is 0 Å². The minimum Gasteiger partial charge on any atom is -0.508 e. The molecule has 1 atom stereocenters. The molecule has 1 aromatic carbocycles. The van der Waals surface area contributed by atoms with E-state index in [-0.39, 0.29) is 43.1 Å². The first-order chi connectivity index (χ1) is 17.4. The number of hydrogen-bond acceptors (Lipinski definition) is 7. The number of esters is 2. The van der Waals surface area contributed by atoms with E-state index >= 15 is 0 Å². The number of unbranched alkanes of at least 4 members (excludes halogenated alkanes) is 2. The van der Waals surface area contributed by atoms with Gasteiger partial charge in [-0.1, -0.05) is 32.8 Å². The summed E-state index contributed by atoms with van der Waals surface area (Å²) in [5.74, 6) is -0.656. The average Bonchev–Trinajstić information content (AvgIpc) is 3.32. The second-order valence-electron chi connectivity index (χ2n) is 9.31. The topological polar surface area (TPSA) is 93.1 Å². The van der Waals surface area contributed by atoms with Crippen molar-refractivity contribution in [3.63, 3.8) is 0 Å². The summed E-state index contributed by atoms with van der Waals surface area (Å²) >= 11 is 1.28. The van der Waals surface area contributed by atoms with Gasteiger partial charge in [-0.25, -0.2) is 4.79 Å². The fraction of sp³-hybridized carbons (Fsp3) is 0.536. The van der Waals surface area contributed by atoms with Crippen molar-refractivity contribution < 1.29 is 29.0 Å². The molecule has 0 spiro atoms. The lowest BCUT2D eigenvalue weighted by Gasteiger charge is -2.28. The number of carbonyl (C=O) groups excluding carboxylic acids is 3. The van der Waals surface area contributed by atoms with Crippen molar-refractivity contribution in [2.24, 2.45) is 0 Å². The van der Waals surface area contributed by atoms with Gasteiger partial charge in [-0.3, -0.25) is 9.59 Å². The molecule has 196 valence electrons. The Kier molecular flexibility index (Phi) is 10.8. The molecule has 2 aromatic rings. The Morgan fingerprint density at radius 2 is 1.83 bits per heavy atom. The van der Waals surface area contributed by atoms with Crippen LogP contribution in [0.15, 0.2) is 29.6 Å². The SMILES string of the molecule is CCCCOC(=O)CN(Cc1csc(C(=O)OCCCC)c1)C(=O)CC1CCCc2cc(O)ccc21. The lowest BCUT2D eigenvalue weighted by atomic mass is 9.80. The van der Waals surface area contributed by atoms with Crippen molar-refractivity contribution in [3.8, 4) is 5.75 Å². The first kappa shape index (κ1) is 27.7. The molecule has 0 saturated heterocycles. The lowest BCUT2D eigenvalue weighted by Crippen LogP contribution is -2.37. The molecule has 1 amide bonds. The molecule has 0 bridgehead atoms. The number of hydrogen-bond donors (Lipinski definition) is 1. The average molecular weight is 516 g/mol. The zero-order valence-corrected chi connectivity index (χ0v) is 22.1. The van der Waals surface area contributed by atoms with Gasteiger partial charge in [0.05, 0.1) is 13.2 Å². The standard InChI is InChI=1S/C28H37NO6S/c1-3-5-12-34-27(32)18-29(17-20-14-25(36-19-20)28(33)35-13-6-4-2)26(31)16-22-9-7-8-21-15-23(30)10-11-24(21)22/h10-11,14-15,19,22,30H,3-9,12-13,16-18H2,1-2H3. The Morgan fingerprint density at radius 1 is 1.08 bits per heavy atom. The molecule has 1 aromatic heterocycles. The summed E-state index contributed by atoms with van der Waals surface area (Å²) in [5.41, 5.74) is 2.95. The second-order valence-corrected chi connectivity index (χ2v) is 10.2. The van der Waals surface area contributed by atoms with Crippen molar-refractivity contribution in [1.82, 2.24) is 4.90 Å². The van der Waals surface area contributed by atoms with Crippen LogP contribution in [0.4, 0.5) is 0 Å². The van der Waals surface area contributed by atoms with Crippen LogP contribution in [0.2, 0.25) is 0 Å². The minimum atomic E-state index is -0.430. The van der Waals surface area contributed by atoms with Crippen LogP contribution in [-0.4, -0.2) is 47.6 Å². The molecule has 0 fully saturated rings. The van der Waals surface area contributed by atoms with E-state index in [1.165, 1.54) is 16.2 Å². The van der Waals surface area contributed by atoms with E-state index in [1.807, 2.05) is 25.3 Å². The highest BCUT2D eigenvalue weighted by molar-refractivity contribution is 7.12. The van der Waals surface area contributed by atoms with Crippen molar-refractivity contribution in [3.05, 3.63) is 51.2 Å². The fourth-order valence-electron chi connectivity index (χ4n) is 4.38. The van der Waals surface area contributed by atoms with Gasteiger partial charge in [-0.15, -0.1) is 11.3 Å². The van der Waals surface area contributed by atoms with E-state index < -0.39 is 5.97 Å². The maximum atomic E-state index is 13.5. The molecule has 1 aliphatic carbocycles. The number of rotatable bonds is 13. The van der Waals surface area contributed by atoms with E-state index in [0.29, 0.717) is 18.1 Å². The van der Waals surface area contributed by atoms with Crippen molar-refractivity contribution in [1.29, 1.82) is 0 Å².